The number of ether oxygens (including phenoxy) is 1. The lowest BCUT2D eigenvalue weighted by Gasteiger charge is -2.27. The smallest absolute Gasteiger partial charge is 0.145 e. The lowest BCUT2D eigenvalue weighted by atomic mass is 10.0. The average Bonchev–Trinajstić information content (AvgIpc) is 2.37. The van der Waals surface area contributed by atoms with Crippen molar-refractivity contribution < 1.29 is 4.74 Å². The molecule has 1 aromatic carbocycles. The molecule has 18 heavy (non-hydrogen) atoms. The monoisotopic (exact) mass is 314 g/mol. The largest absolute Gasteiger partial charge is 0.494 e. The van der Waals surface area contributed by atoms with E-state index in [1.807, 2.05) is 0 Å². The number of hydrogen-bond acceptors (Lipinski definition) is 3. The molecule has 0 fully saturated rings. The van der Waals surface area contributed by atoms with Crippen molar-refractivity contribution in [3.05, 3.63) is 21.2 Å². The van der Waals surface area contributed by atoms with E-state index in [1.165, 1.54) is 16.7 Å². The van der Waals surface area contributed by atoms with Crippen molar-refractivity contribution in [2.45, 2.75) is 27.2 Å². The molecule has 0 unspecified atom stereocenters. The fraction of sp³-hybridized carbons (Fsp3) is 0.571. The van der Waals surface area contributed by atoms with E-state index in [0.29, 0.717) is 6.54 Å². The summed E-state index contributed by atoms with van der Waals surface area (Å²) in [5, 5.41) is 0. The van der Waals surface area contributed by atoms with Crippen LogP contribution in [0.4, 0.5) is 5.69 Å². The second-order valence-corrected chi connectivity index (χ2v) is 5.43. The molecular weight excluding hydrogens is 292 g/mol. The fourth-order valence-corrected chi connectivity index (χ4v) is 2.70. The van der Waals surface area contributed by atoms with E-state index < -0.39 is 0 Å². The van der Waals surface area contributed by atoms with Gasteiger partial charge in [-0.15, -0.1) is 0 Å². The molecule has 4 heteroatoms. The number of benzene rings is 1. The average molecular weight is 315 g/mol. The summed E-state index contributed by atoms with van der Waals surface area (Å²) < 4.78 is 6.76. The van der Waals surface area contributed by atoms with Crippen molar-refractivity contribution in [3.8, 4) is 5.75 Å². The maximum Gasteiger partial charge on any atom is 0.145 e. The van der Waals surface area contributed by atoms with Gasteiger partial charge in [-0.2, -0.15) is 0 Å². The van der Waals surface area contributed by atoms with Crippen LogP contribution in [0.3, 0.4) is 0 Å². The molecule has 2 N–H and O–H groups in total. The lowest BCUT2D eigenvalue weighted by molar-refractivity contribution is 0.411. The van der Waals surface area contributed by atoms with E-state index in [-0.39, 0.29) is 0 Å². The molecule has 0 aliphatic carbocycles. The highest BCUT2D eigenvalue weighted by atomic mass is 79.9. The van der Waals surface area contributed by atoms with Crippen LogP contribution in [-0.2, 0) is 0 Å². The van der Waals surface area contributed by atoms with Gasteiger partial charge in [0.25, 0.3) is 0 Å². The van der Waals surface area contributed by atoms with Crippen LogP contribution in [0.15, 0.2) is 4.47 Å². The van der Waals surface area contributed by atoms with Gasteiger partial charge in [0.15, 0.2) is 0 Å². The van der Waals surface area contributed by atoms with Crippen LogP contribution >= 0.6 is 15.9 Å². The molecule has 0 radical (unpaired) electrons. The summed E-state index contributed by atoms with van der Waals surface area (Å²) in [6.45, 7) is 7.96. The van der Waals surface area contributed by atoms with Crippen LogP contribution in [0.5, 0.6) is 5.75 Å². The Bertz CT molecular complexity index is 433. The Balaban J connectivity index is 3.32. The van der Waals surface area contributed by atoms with Gasteiger partial charge in [-0.05, 0) is 50.4 Å². The summed E-state index contributed by atoms with van der Waals surface area (Å²) in [5.74, 6) is 0.965. The summed E-state index contributed by atoms with van der Waals surface area (Å²) in [6, 6.07) is 0. The molecule has 3 nitrogen and oxygen atoms in total. The highest BCUT2D eigenvalue weighted by Crippen LogP contribution is 2.41. The van der Waals surface area contributed by atoms with Crippen LogP contribution < -0.4 is 15.4 Å². The van der Waals surface area contributed by atoms with E-state index in [9.17, 15) is 0 Å². The van der Waals surface area contributed by atoms with Crippen LogP contribution in [-0.4, -0.2) is 27.2 Å². The molecule has 0 amide bonds. The van der Waals surface area contributed by atoms with Gasteiger partial charge in [-0.25, -0.2) is 0 Å². The van der Waals surface area contributed by atoms with Crippen molar-refractivity contribution >= 4 is 21.6 Å². The van der Waals surface area contributed by atoms with E-state index in [1.54, 1.807) is 7.11 Å². The van der Waals surface area contributed by atoms with Gasteiger partial charge in [0, 0.05) is 18.1 Å². The maximum atomic E-state index is 5.60. The molecule has 0 aliphatic rings. The molecule has 0 aliphatic heterocycles. The SMILES string of the molecule is COc1c(C)c(C)c(Br)c(C)c1N(C)CCCN. The number of halogens is 1. The van der Waals surface area contributed by atoms with Crippen molar-refractivity contribution in [1.29, 1.82) is 0 Å². The first-order valence-corrected chi connectivity index (χ1v) is 6.99. The van der Waals surface area contributed by atoms with Crippen molar-refractivity contribution in [1.82, 2.24) is 0 Å². The summed E-state index contributed by atoms with van der Waals surface area (Å²) in [7, 11) is 3.82. The molecule has 0 atom stereocenters. The normalized spacial score (nSPS) is 10.6. The zero-order valence-corrected chi connectivity index (χ0v) is 13.5. The molecule has 102 valence electrons. The third-order valence-corrected chi connectivity index (χ3v) is 4.60. The number of rotatable bonds is 5. The molecular formula is C14H23BrN2O. The highest BCUT2D eigenvalue weighted by molar-refractivity contribution is 9.10. The van der Waals surface area contributed by atoms with Gasteiger partial charge in [-0.3, -0.25) is 0 Å². The van der Waals surface area contributed by atoms with Crippen LogP contribution in [0.25, 0.3) is 0 Å². The minimum absolute atomic E-state index is 0.706. The molecule has 1 aromatic rings. The second-order valence-electron chi connectivity index (χ2n) is 4.63. The summed E-state index contributed by atoms with van der Waals surface area (Å²) in [5.41, 5.74) is 10.4. The van der Waals surface area contributed by atoms with Crippen LogP contribution in [0, 0.1) is 20.8 Å². The van der Waals surface area contributed by atoms with Gasteiger partial charge in [0.2, 0.25) is 0 Å². The summed E-state index contributed by atoms with van der Waals surface area (Å²) >= 11 is 3.67. The molecule has 1 rings (SSSR count). The Morgan fingerprint density at radius 3 is 2.28 bits per heavy atom. The first kappa shape index (κ1) is 15.3. The van der Waals surface area contributed by atoms with Crippen LogP contribution in [0.1, 0.15) is 23.1 Å². The third-order valence-electron chi connectivity index (χ3n) is 3.42. The Kier molecular flexibility index (Phi) is 5.47. The van der Waals surface area contributed by atoms with Gasteiger partial charge in [0.1, 0.15) is 5.75 Å². The molecule has 0 spiro atoms. The van der Waals surface area contributed by atoms with Crippen molar-refractivity contribution in [3.63, 3.8) is 0 Å². The predicted molar refractivity (Wildman–Crippen MR) is 81.8 cm³/mol. The first-order valence-electron chi connectivity index (χ1n) is 6.20. The predicted octanol–water partition coefficient (Wildman–Crippen LogP) is 3.17. The lowest BCUT2D eigenvalue weighted by Crippen LogP contribution is -2.23. The zero-order chi connectivity index (χ0) is 13.9. The van der Waals surface area contributed by atoms with Crippen molar-refractivity contribution in [2.24, 2.45) is 5.73 Å². The fourth-order valence-electron chi connectivity index (χ4n) is 2.22. The molecule has 0 heterocycles. The molecule has 0 bridgehead atoms. The van der Waals surface area contributed by atoms with Gasteiger partial charge in [0.05, 0.1) is 12.8 Å². The number of nitrogens with two attached hydrogens (primary N) is 1. The Labute approximate surface area is 118 Å². The zero-order valence-electron chi connectivity index (χ0n) is 11.9. The van der Waals surface area contributed by atoms with Gasteiger partial charge < -0.3 is 15.4 Å². The Hall–Kier alpha value is -0.740. The van der Waals surface area contributed by atoms with Crippen LogP contribution in [0.2, 0.25) is 0 Å². The maximum absolute atomic E-state index is 5.60. The minimum atomic E-state index is 0.706. The topological polar surface area (TPSA) is 38.5 Å². The number of anilines is 1. The molecule has 0 saturated carbocycles. The minimum Gasteiger partial charge on any atom is -0.494 e. The third kappa shape index (κ3) is 2.81. The first-order chi connectivity index (χ1) is 8.45. The second kappa shape index (κ2) is 6.43. The summed E-state index contributed by atoms with van der Waals surface area (Å²) in [6.07, 6.45) is 0.976. The highest BCUT2D eigenvalue weighted by Gasteiger charge is 2.19. The van der Waals surface area contributed by atoms with E-state index in [4.69, 9.17) is 10.5 Å². The molecule has 0 aromatic heterocycles. The van der Waals surface area contributed by atoms with E-state index >= 15 is 0 Å². The van der Waals surface area contributed by atoms with Crippen molar-refractivity contribution in [2.75, 3.05) is 32.1 Å². The van der Waals surface area contributed by atoms with Gasteiger partial charge >= 0.3 is 0 Å². The molecule has 0 saturated heterocycles. The number of hydrogen-bond donors (Lipinski definition) is 1. The number of methoxy groups -OCH3 is 1. The Morgan fingerprint density at radius 1 is 1.17 bits per heavy atom. The standard InChI is InChI=1S/C14H23BrN2O/c1-9-10(2)14(18-5)13(11(3)12(9)15)17(4)8-6-7-16/h6-8,16H2,1-5H3. The Morgan fingerprint density at radius 2 is 1.78 bits per heavy atom. The quantitative estimate of drug-likeness (QED) is 0.907. The number of nitrogens with zero attached hydrogens (tertiary/aromatic N) is 1. The van der Waals surface area contributed by atoms with E-state index in [0.717, 1.165) is 28.9 Å². The van der Waals surface area contributed by atoms with Gasteiger partial charge in [-0.1, -0.05) is 15.9 Å². The summed E-state index contributed by atoms with van der Waals surface area (Å²) in [4.78, 5) is 2.22. The van der Waals surface area contributed by atoms with E-state index in [2.05, 4.69) is 48.6 Å².